The molecule has 0 saturated heterocycles. The second-order valence-corrected chi connectivity index (χ2v) is 6.88. The minimum atomic E-state index is -0.634. The van der Waals surface area contributed by atoms with Crippen LogP contribution >= 0.6 is 12.2 Å². The Hall–Kier alpha value is -4.83. The number of aliphatic hydroxyl groups excluding tert-OH is 1. The van der Waals surface area contributed by atoms with Crippen LogP contribution in [0.3, 0.4) is 0 Å². The van der Waals surface area contributed by atoms with Crippen LogP contribution in [0.15, 0.2) is 0 Å². The molecule has 3 N–H and O–H groups in total. The van der Waals surface area contributed by atoms with Gasteiger partial charge in [-0.3, -0.25) is 5.32 Å². The molecule has 0 amide bonds. The number of thiocarbonyl (C=S) groups is 1. The van der Waals surface area contributed by atoms with Crippen molar-refractivity contribution in [3.8, 4) is 119 Å². The summed E-state index contributed by atoms with van der Waals surface area (Å²) in [5.74, 6) is 48.1. The van der Waals surface area contributed by atoms with Crippen molar-refractivity contribution < 1.29 is 14.6 Å². The Labute approximate surface area is 219 Å². The molecule has 1 rings (SSSR count). The van der Waals surface area contributed by atoms with Crippen LogP contribution in [0.4, 0.5) is 0 Å². The Morgan fingerprint density at radius 3 is 1.64 bits per heavy atom. The molecule has 4 atom stereocenters. The van der Waals surface area contributed by atoms with Crippen molar-refractivity contribution in [2.75, 3.05) is 20.8 Å². The summed E-state index contributed by atoms with van der Waals surface area (Å²) < 4.78 is 10.5. The molecule has 1 unspecified atom stereocenters. The van der Waals surface area contributed by atoms with E-state index in [1.54, 1.807) is 21.1 Å². The molecule has 0 aliphatic heterocycles. The van der Waals surface area contributed by atoms with Gasteiger partial charge in [0.05, 0.1) is 18.8 Å². The van der Waals surface area contributed by atoms with Crippen molar-refractivity contribution in [1.29, 1.82) is 0 Å². The molecule has 174 valence electrons. The zero-order valence-electron chi connectivity index (χ0n) is 19.9. The second kappa shape index (κ2) is 19.6. The van der Waals surface area contributed by atoms with Gasteiger partial charge in [-0.15, -0.1) is 0 Å². The quantitative estimate of drug-likeness (QED) is 0.291. The van der Waals surface area contributed by atoms with Crippen LogP contribution in [0.2, 0.25) is 0 Å². The first kappa shape index (κ1) is 29.2. The Balaban J connectivity index is 2.42. The van der Waals surface area contributed by atoms with Gasteiger partial charge >= 0.3 is 0 Å². The lowest BCUT2D eigenvalue weighted by atomic mass is 10.1. The van der Waals surface area contributed by atoms with E-state index in [2.05, 4.69) is 129 Å². The molecule has 1 aliphatic rings. The van der Waals surface area contributed by atoms with E-state index in [0.29, 0.717) is 18.1 Å². The maximum Gasteiger partial charge on any atom is 0.178 e. The van der Waals surface area contributed by atoms with E-state index in [1.165, 1.54) is 0 Å². The summed E-state index contributed by atoms with van der Waals surface area (Å²) in [6.45, 7) is 2.14. The molecule has 1 fully saturated rings. The lowest BCUT2D eigenvalue weighted by molar-refractivity contribution is -0.0273. The molecular weight excluding hydrogens is 468 g/mol. The third kappa shape index (κ3) is 13.0. The van der Waals surface area contributed by atoms with Crippen molar-refractivity contribution in [1.82, 2.24) is 10.6 Å². The normalized spacial score (nSPS) is 17.2. The molecule has 0 aromatic carbocycles. The van der Waals surface area contributed by atoms with Gasteiger partial charge in [0.1, 0.15) is 6.10 Å². The number of methoxy groups -OCH3 is 2. The van der Waals surface area contributed by atoms with Crippen molar-refractivity contribution in [2.45, 2.75) is 31.6 Å². The van der Waals surface area contributed by atoms with Crippen LogP contribution in [0.1, 0.15) is 13.3 Å². The average molecular weight is 489 g/mol. The Kier molecular flexibility index (Phi) is 15.9. The predicted molar refractivity (Wildman–Crippen MR) is 143 cm³/mol. The number of hydrogen-bond donors (Lipinski definition) is 3. The van der Waals surface area contributed by atoms with Gasteiger partial charge in [-0.25, -0.2) is 0 Å². The predicted octanol–water partition coefficient (Wildman–Crippen LogP) is -0.127. The summed E-state index contributed by atoms with van der Waals surface area (Å²) in [5.41, 5.74) is 0. The standard InChI is InChI=1S/C30H20N2O3S/c1-4-5-6-7-8-9-10-11-12-13-14-15-16-17-18-19-20-21-22-23-31-30(36)32-27-24-26(25-34-2)28(33)29(27)35-3/h26-29,33H,24-25H2,1-3H3,(H2,31,32,36)/t26-,27-,28?,29-/m1/s1. The molecule has 0 radical (unpaired) electrons. The van der Waals surface area contributed by atoms with Crippen LogP contribution in [0.25, 0.3) is 0 Å². The summed E-state index contributed by atoms with van der Waals surface area (Å²) in [6, 6.07) is 2.46. The van der Waals surface area contributed by atoms with Crippen molar-refractivity contribution >= 4 is 17.3 Å². The summed E-state index contributed by atoms with van der Waals surface area (Å²) in [4.78, 5) is 0. The largest absolute Gasteiger partial charge is 0.390 e. The van der Waals surface area contributed by atoms with Crippen molar-refractivity contribution in [2.24, 2.45) is 5.92 Å². The van der Waals surface area contributed by atoms with E-state index in [4.69, 9.17) is 21.7 Å². The third-order valence-electron chi connectivity index (χ3n) is 4.17. The summed E-state index contributed by atoms with van der Waals surface area (Å²) in [5, 5.41) is 16.4. The van der Waals surface area contributed by atoms with E-state index in [0.717, 1.165) is 0 Å². The van der Waals surface area contributed by atoms with Gasteiger partial charge in [0.15, 0.2) is 5.11 Å². The highest BCUT2D eigenvalue weighted by Crippen LogP contribution is 2.28. The summed E-state index contributed by atoms with van der Waals surface area (Å²) in [7, 11) is 3.15. The molecule has 1 aliphatic carbocycles. The first-order chi connectivity index (χ1) is 17.6. The molecule has 36 heavy (non-hydrogen) atoms. The van der Waals surface area contributed by atoms with Gasteiger partial charge in [0.25, 0.3) is 0 Å². The number of aliphatic hydroxyl groups is 1. The number of rotatable bonds is 4. The van der Waals surface area contributed by atoms with Crippen LogP contribution in [-0.2, 0) is 9.47 Å². The van der Waals surface area contributed by atoms with Gasteiger partial charge in [-0.2, -0.15) is 0 Å². The molecule has 0 spiro atoms. The van der Waals surface area contributed by atoms with Crippen molar-refractivity contribution in [3.05, 3.63) is 0 Å². The topological polar surface area (TPSA) is 62.8 Å². The molecule has 0 aromatic heterocycles. The number of ether oxygens (including phenoxy) is 2. The molecule has 1 saturated carbocycles. The molecule has 0 heterocycles. The maximum atomic E-state index is 10.3. The Morgan fingerprint density at radius 2 is 1.22 bits per heavy atom. The summed E-state index contributed by atoms with van der Waals surface area (Å²) >= 11 is 5.22. The zero-order valence-corrected chi connectivity index (χ0v) is 20.7. The Morgan fingerprint density at radius 1 is 0.778 bits per heavy atom. The van der Waals surface area contributed by atoms with E-state index >= 15 is 0 Å². The van der Waals surface area contributed by atoms with E-state index in [-0.39, 0.29) is 12.0 Å². The van der Waals surface area contributed by atoms with E-state index in [1.807, 2.05) is 0 Å². The average Bonchev–Trinajstić information content (AvgIpc) is 3.16. The fourth-order valence-electron chi connectivity index (χ4n) is 2.82. The third-order valence-corrected chi connectivity index (χ3v) is 4.39. The van der Waals surface area contributed by atoms with E-state index in [9.17, 15) is 5.11 Å². The maximum absolute atomic E-state index is 10.3. The van der Waals surface area contributed by atoms with Crippen LogP contribution in [0, 0.1) is 124 Å². The highest BCUT2D eigenvalue weighted by Gasteiger charge is 2.42. The SMILES string of the molecule is CC#CC#CC#CC#CC#CC#CC#CC#CC#CC#CNC(=S)N[C@@H]1C[C@H](COC)C(O)[C@@H]1OC. The smallest absolute Gasteiger partial charge is 0.178 e. The summed E-state index contributed by atoms with van der Waals surface area (Å²) in [6.07, 6.45) is -0.369. The van der Waals surface area contributed by atoms with Crippen LogP contribution < -0.4 is 10.6 Å². The molecular formula is C30H20N2O3S. The van der Waals surface area contributed by atoms with E-state index < -0.39 is 12.2 Å². The fraction of sp³-hybridized carbons (Fsp3) is 0.300. The van der Waals surface area contributed by atoms with Gasteiger partial charge in [0.2, 0.25) is 0 Å². The fourth-order valence-corrected chi connectivity index (χ4v) is 3.02. The van der Waals surface area contributed by atoms with Gasteiger partial charge in [0, 0.05) is 85.4 Å². The van der Waals surface area contributed by atoms with Gasteiger partial charge in [-0.05, 0) is 72.9 Å². The second-order valence-electron chi connectivity index (χ2n) is 6.47. The lowest BCUT2D eigenvalue weighted by Crippen LogP contribution is -2.46. The van der Waals surface area contributed by atoms with Gasteiger partial charge < -0.3 is 19.9 Å². The van der Waals surface area contributed by atoms with Crippen molar-refractivity contribution in [3.63, 3.8) is 0 Å². The minimum Gasteiger partial charge on any atom is -0.390 e. The zero-order chi connectivity index (χ0) is 26.3. The highest BCUT2D eigenvalue weighted by molar-refractivity contribution is 7.80. The van der Waals surface area contributed by atoms with Crippen LogP contribution in [0.5, 0.6) is 0 Å². The number of hydrogen-bond acceptors (Lipinski definition) is 4. The lowest BCUT2D eigenvalue weighted by Gasteiger charge is -2.22. The highest BCUT2D eigenvalue weighted by atomic mass is 32.1. The molecule has 5 nitrogen and oxygen atoms in total. The van der Waals surface area contributed by atoms with Crippen LogP contribution in [-0.4, -0.2) is 49.3 Å². The molecule has 0 bridgehead atoms. The number of nitrogens with one attached hydrogen (secondary N) is 2. The Bertz CT molecular complexity index is 1440. The minimum absolute atomic E-state index is 0.0325. The monoisotopic (exact) mass is 488 g/mol. The molecule has 0 aromatic rings. The van der Waals surface area contributed by atoms with Gasteiger partial charge in [-0.1, -0.05) is 5.92 Å². The molecule has 6 heteroatoms. The first-order valence-corrected chi connectivity index (χ1v) is 10.7. The first-order valence-electron chi connectivity index (χ1n) is 10.3.